The smallest absolute Gasteiger partial charge is 0.416 e. The van der Waals surface area contributed by atoms with Gasteiger partial charge in [-0.25, -0.2) is 9.78 Å². The van der Waals surface area contributed by atoms with Gasteiger partial charge >= 0.3 is 6.09 Å². The van der Waals surface area contributed by atoms with Crippen LogP contribution in [0.3, 0.4) is 0 Å². The lowest BCUT2D eigenvalue weighted by atomic mass is 9.97. The van der Waals surface area contributed by atoms with Crippen LogP contribution in [0.15, 0.2) is 18.3 Å². The lowest BCUT2D eigenvalue weighted by Crippen LogP contribution is -2.42. The zero-order chi connectivity index (χ0) is 18.6. The second-order valence-electron chi connectivity index (χ2n) is 8.05. The Hall–Kier alpha value is -1.62. The molecule has 5 heteroatoms. The fraction of sp³-hybridized carbons (Fsp3) is 0.700. The molecular formula is C20H33N3O2. The van der Waals surface area contributed by atoms with Gasteiger partial charge in [0.25, 0.3) is 0 Å². The van der Waals surface area contributed by atoms with Crippen LogP contribution in [0.1, 0.15) is 71.9 Å². The van der Waals surface area contributed by atoms with E-state index in [0.717, 1.165) is 13.0 Å². The zero-order valence-electron chi connectivity index (χ0n) is 16.6. The van der Waals surface area contributed by atoms with E-state index in [1.807, 2.05) is 40.0 Å². The number of carbonyl (C=O) groups is 1. The Morgan fingerprint density at radius 2 is 2.12 bits per heavy atom. The number of anilines is 1. The van der Waals surface area contributed by atoms with E-state index in [2.05, 4.69) is 29.9 Å². The van der Waals surface area contributed by atoms with Crippen LogP contribution in [-0.4, -0.2) is 41.2 Å². The highest BCUT2D eigenvalue weighted by molar-refractivity contribution is 5.87. The van der Waals surface area contributed by atoms with Crippen LogP contribution in [0.25, 0.3) is 0 Å². The van der Waals surface area contributed by atoms with Gasteiger partial charge in [0.15, 0.2) is 0 Å². The normalized spacial score (nSPS) is 20.2. The number of aromatic nitrogens is 1. The predicted octanol–water partition coefficient (Wildman–Crippen LogP) is 4.78. The molecule has 0 unspecified atom stereocenters. The summed E-state index contributed by atoms with van der Waals surface area (Å²) in [5.41, 5.74) is 0.701. The molecule has 5 nitrogen and oxygen atoms in total. The van der Waals surface area contributed by atoms with Gasteiger partial charge in [-0.05, 0) is 72.2 Å². The van der Waals surface area contributed by atoms with Gasteiger partial charge in [-0.2, -0.15) is 0 Å². The van der Waals surface area contributed by atoms with E-state index in [1.54, 1.807) is 4.90 Å². The Balaban J connectivity index is 2.21. The third-order valence-corrected chi connectivity index (χ3v) is 4.79. The summed E-state index contributed by atoms with van der Waals surface area (Å²) in [6, 6.07) is 4.52. The Morgan fingerprint density at radius 1 is 1.40 bits per heavy atom. The zero-order valence-corrected chi connectivity index (χ0v) is 16.6. The summed E-state index contributed by atoms with van der Waals surface area (Å²) in [7, 11) is 2.17. The summed E-state index contributed by atoms with van der Waals surface area (Å²) in [5.74, 6) is 0.658. The van der Waals surface area contributed by atoms with Crippen molar-refractivity contribution in [3.05, 3.63) is 23.9 Å². The van der Waals surface area contributed by atoms with Gasteiger partial charge in [-0.1, -0.05) is 19.4 Å². The fourth-order valence-corrected chi connectivity index (χ4v) is 3.23. The molecule has 1 aromatic heterocycles. The quantitative estimate of drug-likeness (QED) is 0.786. The molecule has 1 saturated heterocycles. The highest BCUT2D eigenvalue weighted by Gasteiger charge is 2.28. The van der Waals surface area contributed by atoms with Crippen LogP contribution in [0.2, 0.25) is 0 Å². The maximum absolute atomic E-state index is 12.7. The number of nitrogens with zero attached hydrogens (tertiary/aromatic N) is 3. The SMILES string of the molecule is CC[C@H](C)N(C(=O)OC(C)(C)C)c1ccc([C@@H]2CCCCN2C)cn1. The van der Waals surface area contributed by atoms with Gasteiger partial charge in [-0.3, -0.25) is 9.80 Å². The van der Waals surface area contributed by atoms with Gasteiger partial charge in [0, 0.05) is 18.3 Å². The molecule has 2 heterocycles. The highest BCUT2D eigenvalue weighted by atomic mass is 16.6. The van der Waals surface area contributed by atoms with Crippen molar-refractivity contribution in [1.29, 1.82) is 0 Å². The minimum absolute atomic E-state index is 0.0329. The molecule has 0 radical (unpaired) electrons. The monoisotopic (exact) mass is 347 g/mol. The number of pyridine rings is 1. The second kappa shape index (κ2) is 8.17. The molecule has 1 aliphatic heterocycles. The standard InChI is InChI=1S/C20H33N3O2/c1-7-15(2)23(19(24)25-20(3,4)5)18-12-11-16(14-21-18)17-10-8-9-13-22(17)6/h11-12,14-15,17H,7-10,13H2,1-6H3/t15-,17-/m0/s1. The fourth-order valence-electron chi connectivity index (χ4n) is 3.23. The van der Waals surface area contributed by atoms with Crippen molar-refractivity contribution in [2.45, 2.75) is 78.0 Å². The molecule has 0 aromatic carbocycles. The molecule has 1 aromatic rings. The van der Waals surface area contributed by atoms with Crippen LogP contribution in [-0.2, 0) is 4.74 Å². The van der Waals surface area contributed by atoms with Crippen molar-refractivity contribution in [2.75, 3.05) is 18.5 Å². The van der Waals surface area contributed by atoms with E-state index in [9.17, 15) is 4.79 Å². The first-order valence-corrected chi connectivity index (χ1v) is 9.41. The van der Waals surface area contributed by atoms with Crippen LogP contribution in [0.5, 0.6) is 0 Å². The summed E-state index contributed by atoms with van der Waals surface area (Å²) in [5, 5.41) is 0. The second-order valence-corrected chi connectivity index (χ2v) is 8.05. The van der Waals surface area contributed by atoms with Crippen molar-refractivity contribution < 1.29 is 9.53 Å². The highest BCUT2D eigenvalue weighted by Crippen LogP contribution is 2.30. The minimum atomic E-state index is -0.520. The molecule has 0 spiro atoms. The summed E-state index contributed by atoms with van der Waals surface area (Å²) >= 11 is 0. The third-order valence-electron chi connectivity index (χ3n) is 4.79. The number of amides is 1. The number of ether oxygens (including phenoxy) is 1. The molecule has 1 amide bonds. The molecule has 1 fully saturated rings. The number of hydrogen-bond donors (Lipinski definition) is 0. The first kappa shape index (κ1) is 19.7. The first-order valence-electron chi connectivity index (χ1n) is 9.41. The lowest BCUT2D eigenvalue weighted by molar-refractivity contribution is 0.0566. The molecule has 0 N–H and O–H groups in total. The topological polar surface area (TPSA) is 45.7 Å². The predicted molar refractivity (Wildman–Crippen MR) is 102 cm³/mol. The minimum Gasteiger partial charge on any atom is -0.443 e. The van der Waals surface area contributed by atoms with E-state index < -0.39 is 5.60 Å². The number of hydrogen-bond acceptors (Lipinski definition) is 4. The number of rotatable bonds is 4. The average Bonchev–Trinajstić information content (AvgIpc) is 2.54. The number of piperidine rings is 1. The first-order chi connectivity index (χ1) is 11.7. The Kier molecular flexibility index (Phi) is 6.44. The van der Waals surface area contributed by atoms with Crippen LogP contribution < -0.4 is 4.90 Å². The molecule has 0 bridgehead atoms. The molecule has 25 heavy (non-hydrogen) atoms. The molecule has 2 rings (SSSR count). The van der Waals surface area contributed by atoms with Crippen molar-refractivity contribution in [2.24, 2.45) is 0 Å². The van der Waals surface area contributed by atoms with Crippen LogP contribution >= 0.6 is 0 Å². The summed E-state index contributed by atoms with van der Waals surface area (Å²) in [4.78, 5) is 21.3. The molecular weight excluding hydrogens is 314 g/mol. The number of carbonyl (C=O) groups excluding carboxylic acids is 1. The summed E-state index contributed by atoms with van der Waals surface area (Å²) in [6.07, 6.45) is 6.11. The summed E-state index contributed by atoms with van der Waals surface area (Å²) < 4.78 is 5.58. The van der Waals surface area contributed by atoms with E-state index in [-0.39, 0.29) is 12.1 Å². The largest absolute Gasteiger partial charge is 0.443 e. The van der Waals surface area contributed by atoms with Crippen molar-refractivity contribution >= 4 is 11.9 Å². The maximum Gasteiger partial charge on any atom is 0.416 e. The van der Waals surface area contributed by atoms with Gasteiger partial charge in [0.2, 0.25) is 0 Å². The molecule has 140 valence electrons. The van der Waals surface area contributed by atoms with Crippen molar-refractivity contribution in [1.82, 2.24) is 9.88 Å². The van der Waals surface area contributed by atoms with E-state index in [4.69, 9.17) is 4.74 Å². The average molecular weight is 348 g/mol. The molecule has 0 aliphatic carbocycles. The van der Waals surface area contributed by atoms with Crippen molar-refractivity contribution in [3.8, 4) is 0 Å². The third kappa shape index (κ3) is 5.18. The molecule has 0 saturated carbocycles. The Labute approximate surface area is 152 Å². The maximum atomic E-state index is 12.7. The van der Waals surface area contributed by atoms with E-state index in [1.165, 1.54) is 24.8 Å². The van der Waals surface area contributed by atoms with E-state index in [0.29, 0.717) is 11.9 Å². The van der Waals surface area contributed by atoms with Gasteiger partial charge < -0.3 is 4.74 Å². The van der Waals surface area contributed by atoms with Gasteiger partial charge in [0.05, 0.1) is 0 Å². The lowest BCUT2D eigenvalue weighted by Gasteiger charge is -2.33. The Morgan fingerprint density at radius 3 is 2.64 bits per heavy atom. The van der Waals surface area contributed by atoms with Crippen LogP contribution in [0.4, 0.5) is 10.6 Å². The molecule has 1 aliphatic rings. The Bertz CT molecular complexity index is 565. The van der Waals surface area contributed by atoms with Crippen molar-refractivity contribution in [3.63, 3.8) is 0 Å². The van der Waals surface area contributed by atoms with Gasteiger partial charge in [-0.15, -0.1) is 0 Å². The molecule has 2 atom stereocenters. The van der Waals surface area contributed by atoms with Crippen LogP contribution in [0, 0.1) is 0 Å². The number of likely N-dealkylation sites (tertiary alicyclic amines) is 1. The summed E-state index contributed by atoms with van der Waals surface area (Å²) in [6.45, 7) is 10.9. The van der Waals surface area contributed by atoms with E-state index >= 15 is 0 Å². The van der Waals surface area contributed by atoms with Gasteiger partial charge in [0.1, 0.15) is 11.4 Å².